The van der Waals surface area contributed by atoms with Gasteiger partial charge in [0.1, 0.15) is 18.6 Å². The number of aliphatic hydroxyl groups excluding tert-OH is 1. The Morgan fingerprint density at radius 2 is 2.00 bits per heavy atom. The highest BCUT2D eigenvalue weighted by Crippen LogP contribution is 2.22. The largest absolute Gasteiger partial charge is 0.466 e. The fourth-order valence-electron chi connectivity index (χ4n) is 2.00. The minimum absolute atomic E-state index is 0.186. The van der Waals surface area contributed by atoms with Gasteiger partial charge in [-0.15, -0.1) is 0 Å². The molecule has 1 amide bonds. The number of hydrogen-bond donors (Lipinski definition) is 2. The van der Waals surface area contributed by atoms with E-state index >= 15 is 0 Å². The minimum atomic E-state index is -3.53. The van der Waals surface area contributed by atoms with Crippen LogP contribution < -0.4 is 5.32 Å². The van der Waals surface area contributed by atoms with Gasteiger partial charge in [0, 0.05) is 19.8 Å². The maximum absolute atomic E-state index is 12.1. The third kappa shape index (κ3) is 3.61. The molecule has 2 aromatic rings. The Labute approximate surface area is 134 Å². The van der Waals surface area contributed by atoms with Crippen LogP contribution in [0.5, 0.6) is 0 Å². The van der Waals surface area contributed by atoms with Crippen molar-refractivity contribution in [1.82, 2.24) is 4.31 Å². The highest BCUT2D eigenvalue weighted by Gasteiger charge is 2.20. The fourth-order valence-corrected chi connectivity index (χ4v) is 3.10. The van der Waals surface area contributed by atoms with Crippen LogP contribution >= 0.6 is 0 Å². The number of hydrogen-bond acceptors (Lipinski definition) is 5. The monoisotopic (exact) mass is 338 g/mol. The standard InChI is InChI=1S/C15H18N2O5S/c1-10-6-12(4-5-14(10)23(20,21)17(2)3)16-15(19)11-7-13(8-18)22-9-11/h4-7,9,18H,8H2,1-3H3,(H,16,19). The van der Waals surface area contributed by atoms with E-state index in [-0.39, 0.29) is 17.1 Å². The van der Waals surface area contributed by atoms with Crippen molar-refractivity contribution in [3.8, 4) is 0 Å². The molecule has 2 N–H and O–H groups in total. The first kappa shape index (κ1) is 17.2. The maximum atomic E-state index is 12.1. The molecule has 0 spiro atoms. The van der Waals surface area contributed by atoms with Crippen LogP contribution in [0.1, 0.15) is 21.7 Å². The van der Waals surface area contributed by atoms with Crippen molar-refractivity contribution in [3.63, 3.8) is 0 Å². The van der Waals surface area contributed by atoms with Gasteiger partial charge >= 0.3 is 0 Å². The maximum Gasteiger partial charge on any atom is 0.258 e. The van der Waals surface area contributed by atoms with E-state index in [1.54, 1.807) is 13.0 Å². The van der Waals surface area contributed by atoms with Crippen molar-refractivity contribution in [1.29, 1.82) is 0 Å². The van der Waals surface area contributed by atoms with Gasteiger partial charge in [0.15, 0.2) is 0 Å². The topological polar surface area (TPSA) is 99.8 Å². The molecule has 1 aromatic carbocycles. The van der Waals surface area contributed by atoms with Gasteiger partial charge in [0.05, 0.1) is 10.5 Å². The van der Waals surface area contributed by atoms with Crippen LogP contribution in [0.4, 0.5) is 5.69 Å². The predicted octanol–water partition coefficient (Wildman–Crippen LogP) is 1.58. The summed E-state index contributed by atoms with van der Waals surface area (Å²) in [6.45, 7) is 1.37. The van der Waals surface area contributed by atoms with Gasteiger partial charge in [-0.1, -0.05) is 0 Å². The van der Waals surface area contributed by atoms with Gasteiger partial charge in [0.2, 0.25) is 10.0 Å². The molecular formula is C15H18N2O5S. The molecule has 8 heteroatoms. The number of nitrogens with one attached hydrogen (secondary N) is 1. The van der Waals surface area contributed by atoms with Crippen molar-refractivity contribution in [3.05, 3.63) is 47.4 Å². The van der Waals surface area contributed by atoms with Crippen LogP contribution in [0.15, 0.2) is 39.8 Å². The molecule has 0 unspecified atom stereocenters. The van der Waals surface area contributed by atoms with Crippen molar-refractivity contribution in [2.24, 2.45) is 0 Å². The second-order valence-corrected chi connectivity index (χ2v) is 7.30. The lowest BCUT2D eigenvalue weighted by Crippen LogP contribution is -2.23. The minimum Gasteiger partial charge on any atom is -0.466 e. The molecule has 0 saturated heterocycles. The normalized spacial score (nSPS) is 11.7. The van der Waals surface area contributed by atoms with Gasteiger partial charge in [-0.3, -0.25) is 4.79 Å². The molecule has 1 heterocycles. The van der Waals surface area contributed by atoms with Crippen LogP contribution in [0.2, 0.25) is 0 Å². The van der Waals surface area contributed by atoms with E-state index < -0.39 is 15.9 Å². The van der Waals surface area contributed by atoms with Gasteiger partial charge in [-0.05, 0) is 36.8 Å². The average molecular weight is 338 g/mol. The Hall–Kier alpha value is -2.16. The lowest BCUT2D eigenvalue weighted by atomic mass is 10.2. The smallest absolute Gasteiger partial charge is 0.258 e. The molecule has 2 rings (SSSR count). The van der Waals surface area contributed by atoms with Crippen LogP contribution in [-0.2, 0) is 16.6 Å². The number of nitrogens with zero attached hydrogens (tertiary/aromatic N) is 1. The Morgan fingerprint density at radius 1 is 1.30 bits per heavy atom. The zero-order valence-corrected chi connectivity index (χ0v) is 13.8. The summed E-state index contributed by atoms with van der Waals surface area (Å²) in [5.41, 5.74) is 1.27. The third-order valence-electron chi connectivity index (χ3n) is 3.26. The molecule has 7 nitrogen and oxygen atoms in total. The van der Waals surface area contributed by atoms with Crippen molar-refractivity contribution < 1.29 is 22.7 Å². The van der Waals surface area contributed by atoms with Crippen LogP contribution in [0.3, 0.4) is 0 Å². The first-order valence-corrected chi connectivity index (χ1v) is 8.22. The lowest BCUT2D eigenvalue weighted by Gasteiger charge is -2.14. The highest BCUT2D eigenvalue weighted by molar-refractivity contribution is 7.89. The van der Waals surface area contributed by atoms with Gasteiger partial charge in [-0.25, -0.2) is 12.7 Å². The zero-order chi connectivity index (χ0) is 17.2. The number of benzene rings is 1. The molecule has 0 atom stereocenters. The Kier molecular flexibility index (Phi) is 4.88. The number of rotatable bonds is 5. The number of furan rings is 1. The molecule has 0 aliphatic carbocycles. The Morgan fingerprint density at radius 3 is 2.52 bits per heavy atom. The molecule has 0 saturated carbocycles. The zero-order valence-electron chi connectivity index (χ0n) is 13.0. The summed E-state index contributed by atoms with van der Waals surface area (Å²) in [7, 11) is -0.606. The molecule has 0 bridgehead atoms. The van der Waals surface area contributed by atoms with E-state index in [2.05, 4.69) is 5.32 Å². The molecule has 23 heavy (non-hydrogen) atoms. The molecule has 0 aliphatic rings. The number of carbonyl (C=O) groups excluding carboxylic acids is 1. The molecule has 1 aromatic heterocycles. The van der Waals surface area contributed by atoms with Crippen LogP contribution in [0, 0.1) is 6.92 Å². The van der Waals surface area contributed by atoms with E-state index in [1.165, 1.54) is 38.6 Å². The van der Waals surface area contributed by atoms with Crippen LogP contribution in [0.25, 0.3) is 0 Å². The first-order valence-electron chi connectivity index (χ1n) is 6.78. The molecule has 124 valence electrons. The van der Waals surface area contributed by atoms with E-state index in [9.17, 15) is 13.2 Å². The average Bonchev–Trinajstić information content (AvgIpc) is 2.95. The first-order chi connectivity index (χ1) is 10.8. The van der Waals surface area contributed by atoms with Crippen molar-refractivity contribution in [2.45, 2.75) is 18.4 Å². The summed E-state index contributed by atoms with van der Waals surface area (Å²) in [5, 5.41) is 11.6. The van der Waals surface area contributed by atoms with Gasteiger partial charge in [-0.2, -0.15) is 0 Å². The van der Waals surface area contributed by atoms with Crippen molar-refractivity contribution in [2.75, 3.05) is 19.4 Å². The lowest BCUT2D eigenvalue weighted by molar-refractivity contribution is 0.102. The number of sulfonamides is 1. The summed E-state index contributed by atoms with van der Waals surface area (Å²) in [6, 6.07) is 6.00. The number of aliphatic hydroxyl groups is 1. The van der Waals surface area contributed by atoms with E-state index in [0.717, 1.165) is 4.31 Å². The van der Waals surface area contributed by atoms with E-state index in [0.29, 0.717) is 17.0 Å². The second-order valence-electron chi connectivity index (χ2n) is 5.18. The van der Waals surface area contributed by atoms with Crippen LogP contribution in [-0.4, -0.2) is 37.8 Å². The Balaban J connectivity index is 2.22. The SMILES string of the molecule is Cc1cc(NC(=O)c2coc(CO)c2)ccc1S(=O)(=O)N(C)C. The Bertz CT molecular complexity index is 824. The number of aryl methyl sites for hydroxylation is 1. The fraction of sp³-hybridized carbons (Fsp3) is 0.267. The number of anilines is 1. The second kappa shape index (κ2) is 6.53. The van der Waals surface area contributed by atoms with E-state index in [1.807, 2.05) is 0 Å². The third-order valence-corrected chi connectivity index (χ3v) is 5.24. The van der Waals surface area contributed by atoms with Crippen molar-refractivity contribution >= 4 is 21.6 Å². The van der Waals surface area contributed by atoms with E-state index in [4.69, 9.17) is 9.52 Å². The summed E-state index contributed by atoms with van der Waals surface area (Å²) in [4.78, 5) is 12.3. The molecule has 0 fully saturated rings. The molecule has 0 radical (unpaired) electrons. The summed E-state index contributed by atoms with van der Waals surface area (Å²) in [5.74, 6) is -0.116. The summed E-state index contributed by atoms with van der Waals surface area (Å²) in [6.07, 6.45) is 1.25. The number of carbonyl (C=O) groups is 1. The van der Waals surface area contributed by atoms with Gasteiger partial charge in [0.25, 0.3) is 5.91 Å². The van der Waals surface area contributed by atoms with Gasteiger partial charge < -0.3 is 14.8 Å². The predicted molar refractivity (Wildman–Crippen MR) is 84.6 cm³/mol. The quantitative estimate of drug-likeness (QED) is 0.862. The molecular weight excluding hydrogens is 320 g/mol. The summed E-state index contributed by atoms with van der Waals surface area (Å²) < 4.78 is 30.4. The molecule has 0 aliphatic heterocycles. The highest BCUT2D eigenvalue weighted by atomic mass is 32.2. The number of amides is 1. The summed E-state index contributed by atoms with van der Waals surface area (Å²) >= 11 is 0.